The molecule has 5 nitrogen and oxygen atoms in total. The Morgan fingerprint density at radius 2 is 1.70 bits per heavy atom. The van der Waals surface area contributed by atoms with Crippen LogP contribution >= 0.6 is 0 Å². The minimum absolute atomic E-state index is 0.273. The Morgan fingerprint density at radius 1 is 1.00 bits per heavy atom. The maximum absolute atomic E-state index is 13.9. The molecule has 2 amide bonds. The fourth-order valence-corrected chi connectivity index (χ4v) is 3.58. The van der Waals surface area contributed by atoms with Gasteiger partial charge in [-0.15, -0.1) is 0 Å². The molecule has 0 bridgehead atoms. The molecule has 3 aromatic carbocycles. The molecule has 8 heteroatoms. The normalized spacial score (nSPS) is 11.8. The quantitative estimate of drug-likeness (QED) is 0.470. The number of nitrogens with one attached hydrogen (secondary N) is 1. The fraction of sp³-hybridized carbons (Fsp3) is 0.280. The van der Waals surface area contributed by atoms with Crippen LogP contribution in [-0.4, -0.2) is 36.9 Å². The number of fused-ring (bicyclic) bond motifs is 1. The predicted octanol–water partition coefficient (Wildman–Crippen LogP) is 5.25. The first kappa shape index (κ1) is 24.1. The van der Waals surface area contributed by atoms with Gasteiger partial charge in [0.05, 0.1) is 25.3 Å². The van der Waals surface area contributed by atoms with Gasteiger partial charge in [0.15, 0.2) is 17.5 Å². The predicted molar refractivity (Wildman–Crippen MR) is 121 cm³/mol. The number of carbonyl (C=O) groups excluding carboxylic acids is 2. The second-order valence-corrected chi connectivity index (χ2v) is 7.73. The molecular weight excluding hydrogens is 433 g/mol. The first-order valence-electron chi connectivity index (χ1n) is 10.5. The SMILES string of the molecule is CCCN(CC(=O)Nc1ccc(F)c(F)c1F)C(=O)C(C)c1ccc2cc(OC)ccc2c1. The van der Waals surface area contributed by atoms with E-state index in [4.69, 9.17) is 4.74 Å². The highest BCUT2D eigenvalue weighted by Gasteiger charge is 2.24. The van der Waals surface area contributed by atoms with Crippen molar-refractivity contribution in [3.8, 4) is 5.75 Å². The van der Waals surface area contributed by atoms with Crippen molar-refractivity contribution >= 4 is 28.3 Å². The number of methoxy groups -OCH3 is 1. The number of nitrogens with zero attached hydrogens (tertiary/aromatic N) is 1. The summed E-state index contributed by atoms with van der Waals surface area (Å²) in [6.07, 6.45) is 0.600. The van der Waals surface area contributed by atoms with E-state index in [0.717, 1.165) is 34.2 Å². The first-order valence-corrected chi connectivity index (χ1v) is 10.5. The number of anilines is 1. The third-order valence-electron chi connectivity index (χ3n) is 5.39. The Bertz CT molecular complexity index is 1180. The maximum atomic E-state index is 13.9. The van der Waals surface area contributed by atoms with E-state index in [1.54, 1.807) is 14.0 Å². The van der Waals surface area contributed by atoms with Gasteiger partial charge in [0.25, 0.3) is 0 Å². The lowest BCUT2D eigenvalue weighted by Gasteiger charge is -2.25. The standard InChI is InChI=1S/C25H25F3N2O3/c1-4-11-30(14-22(31)29-21-10-9-20(26)23(27)24(21)28)25(32)15(2)16-5-6-18-13-19(33-3)8-7-17(18)12-16/h5-10,12-13,15H,4,11,14H2,1-3H3,(H,29,31). The average Bonchev–Trinajstić information content (AvgIpc) is 2.82. The molecule has 0 fully saturated rings. The van der Waals surface area contributed by atoms with Gasteiger partial charge in [-0.3, -0.25) is 9.59 Å². The van der Waals surface area contributed by atoms with Crippen LogP contribution < -0.4 is 10.1 Å². The van der Waals surface area contributed by atoms with Crippen molar-refractivity contribution in [3.05, 3.63) is 71.5 Å². The molecule has 0 aliphatic carbocycles. The Morgan fingerprint density at radius 3 is 2.39 bits per heavy atom. The maximum Gasteiger partial charge on any atom is 0.244 e. The van der Waals surface area contributed by atoms with E-state index in [1.165, 1.54) is 4.90 Å². The summed E-state index contributed by atoms with van der Waals surface area (Å²) in [5, 5.41) is 4.12. The molecule has 0 saturated carbocycles. The third-order valence-corrected chi connectivity index (χ3v) is 5.39. The second kappa shape index (κ2) is 10.4. The van der Waals surface area contributed by atoms with Crippen molar-refractivity contribution in [2.75, 3.05) is 25.5 Å². The number of hydrogen-bond donors (Lipinski definition) is 1. The largest absolute Gasteiger partial charge is 0.497 e. The first-order chi connectivity index (χ1) is 15.7. The Labute approximate surface area is 190 Å². The molecule has 0 radical (unpaired) electrons. The number of ether oxygens (including phenoxy) is 1. The smallest absolute Gasteiger partial charge is 0.244 e. The highest BCUT2D eigenvalue weighted by atomic mass is 19.2. The van der Waals surface area contributed by atoms with Crippen molar-refractivity contribution in [3.63, 3.8) is 0 Å². The Hall–Kier alpha value is -3.55. The van der Waals surface area contributed by atoms with Crippen LogP contribution in [0.1, 0.15) is 31.7 Å². The zero-order chi connectivity index (χ0) is 24.1. The molecule has 0 saturated heterocycles. The summed E-state index contributed by atoms with van der Waals surface area (Å²) in [4.78, 5) is 27.0. The lowest BCUT2D eigenvalue weighted by molar-refractivity contribution is -0.135. The van der Waals surface area contributed by atoms with Crippen molar-refractivity contribution in [2.24, 2.45) is 0 Å². The Kier molecular flexibility index (Phi) is 7.58. The van der Waals surface area contributed by atoms with Crippen molar-refractivity contribution in [1.29, 1.82) is 0 Å². The number of carbonyl (C=O) groups is 2. The van der Waals surface area contributed by atoms with Gasteiger partial charge in [-0.05, 0) is 53.9 Å². The number of amides is 2. The molecule has 3 aromatic rings. The molecular formula is C25H25F3N2O3. The zero-order valence-electron chi connectivity index (χ0n) is 18.6. The summed E-state index contributed by atoms with van der Waals surface area (Å²) in [7, 11) is 1.59. The molecule has 33 heavy (non-hydrogen) atoms. The van der Waals surface area contributed by atoms with Crippen LogP contribution in [-0.2, 0) is 9.59 Å². The molecule has 1 N–H and O–H groups in total. The molecule has 0 heterocycles. The number of benzene rings is 3. The summed E-state index contributed by atoms with van der Waals surface area (Å²) in [6.45, 7) is 3.58. The van der Waals surface area contributed by atoms with Gasteiger partial charge in [-0.2, -0.15) is 0 Å². The van der Waals surface area contributed by atoms with E-state index in [-0.39, 0.29) is 12.5 Å². The average molecular weight is 458 g/mol. The van der Waals surface area contributed by atoms with E-state index in [1.807, 2.05) is 43.3 Å². The molecule has 3 rings (SSSR count). The van der Waals surface area contributed by atoms with Gasteiger partial charge in [-0.1, -0.05) is 31.2 Å². The van der Waals surface area contributed by atoms with E-state index in [2.05, 4.69) is 5.32 Å². The molecule has 0 aliphatic heterocycles. The van der Waals surface area contributed by atoms with Gasteiger partial charge in [-0.25, -0.2) is 13.2 Å². The minimum atomic E-state index is -1.67. The van der Waals surface area contributed by atoms with E-state index < -0.39 is 35.0 Å². The van der Waals surface area contributed by atoms with Gasteiger partial charge in [0, 0.05) is 6.54 Å². The summed E-state index contributed by atoms with van der Waals surface area (Å²) in [6, 6.07) is 13.0. The van der Waals surface area contributed by atoms with Gasteiger partial charge in [0.1, 0.15) is 5.75 Å². The van der Waals surface area contributed by atoms with Gasteiger partial charge >= 0.3 is 0 Å². The van der Waals surface area contributed by atoms with Crippen LogP contribution in [0.15, 0.2) is 48.5 Å². The topological polar surface area (TPSA) is 58.6 Å². The minimum Gasteiger partial charge on any atom is -0.497 e. The van der Waals surface area contributed by atoms with Crippen LogP contribution in [0.4, 0.5) is 18.9 Å². The van der Waals surface area contributed by atoms with Crippen LogP contribution in [0, 0.1) is 17.5 Å². The highest BCUT2D eigenvalue weighted by Crippen LogP contribution is 2.26. The van der Waals surface area contributed by atoms with Crippen molar-refractivity contribution < 1.29 is 27.5 Å². The third kappa shape index (κ3) is 5.45. The molecule has 0 spiro atoms. The van der Waals surface area contributed by atoms with Gasteiger partial charge < -0.3 is 15.0 Å². The van der Waals surface area contributed by atoms with Crippen LogP contribution in [0.3, 0.4) is 0 Å². The molecule has 0 aliphatic rings. The molecule has 0 aromatic heterocycles. The number of halogens is 3. The lowest BCUT2D eigenvalue weighted by atomic mass is 9.96. The summed E-state index contributed by atoms with van der Waals surface area (Å²) < 4.78 is 45.6. The highest BCUT2D eigenvalue weighted by molar-refractivity contribution is 5.96. The molecule has 174 valence electrons. The monoisotopic (exact) mass is 458 g/mol. The summed E-state index contributed by atoms with van der Waals surface area (Å²) in [5.74, 6) is -5.29. The van der Waals surface area contributed by atoms with Crippen LogP contribution in [0.25, 0.3) is 10.8 Å². The van der Waals surface area contributed by atoms with Crippen LogP contribution in [0.2, 0.25) is 0 Å². The number of hydrogen-bond acceptors (Lipinski definition) is 3. The summed E-state index contributed by atoms with van der Waals surface area (Å²) in [5.41, 5.74) is 0.298. The lowest BCUT2D eigenvalue weighted by Crippen LogP contribution is -2.40. The summed E-state index contributed by atoms with van der Waals surface area (Å²) >= 11 is 0. The number of rotatable bonds is 8. The van der Waals surface area contributed by atoms with Crippen molar-refractivity contribution in [2.45, 2.75) is 26.2 Å². The van der Waals surface area contributed by atoms with E-state index in [9.17, 15) is 22.8 Å². The molecule has 1 atom stereocenters. The fourth-order valence-electron chi connectivity index (χ4n) is 3.58. The van der Waals surface area contributed by atoms with Gasteiger partial charge in [0.2, 0.25) is 11.8 Å². The van der Waals surface area contributed by atoms with Crippen LogP contribution in [0.5, 0.6) is 5.75 Å². The Balaban J connectivity index is 1.75. The van der Waals surface area contributed by atoms with E-state index >= 15 is 0 Å². The van der Waals surface area contributed by atoms with Crippen molar-refractivity contribution in [1.82, 2.24) is 4.90 Å². The second-order valence-electron chi connectivity index (χ2n) is 7.73. The zero-order valence-corrected chi connectivity index (χ0v) is 18.6. The molecule has 1 unspecified atom stereocenters. The van der Waals surface area contributed by atoms with E-state index in [0.29, 0.717) is 13.0 Å².